The first kappa shape index (κ1) is 45.3. The highest BCUT2D eigenvalue weighted by atomic mass is 16.6. The summed E-state index contributed by atoms with van der Waals surface area (Å²) >= 11 is 0. The third kappa shape index (κ3) is 36.2. The van der Waals surface area contributed by atoms with Crippen molar-refractivity contribution in [3.8, 4) is 0 Å². The molecule has 274 valence electrons. The van der Waals surface area contributed by atoms with Crippen LogP contribution in [0.5, 0.6) is 0 Å². The van der Waals surface area contributed by atoms with E-state index in [4.69, 9.17) is 9.47 Å². The number of esters is 2. The monoisotopic (exact) mass is 669 g/mol. The Labute approximate surface area is 295 Å². The van der Waals surface area contributed by atoms with Gasteiger partial charge in [-0.3, -0.25) is 9.59 Å². The second kappa shape index (κ2) is 38.8. The summed E-state index contributed by atoms with van der Waals surface area (Å²) in [6, 6.07) is 0. The second-order valence-corrected chi connectivity index (χ2v) is 12.6. The fraction of sp³-hybridized carbons (Fsp3) is 0.674. The Hall–Kier alpha value is -2.66. The van der Waals surface area contributed by atoms with E-state index in [1.165, 1.54) is 51.4 Å². The molecule has 1 N–H and O–H groups in total. The third-order valence-corrected chi connectivity index (χ3v) is 7.97. The van der Waals surface area contributed by atoms with Gasteiger partial charge in [0.2, 0.25) is 0 Å². The van der Waals surface area contributed by atoms with E-state index in [1.807, 2.05) is 0 Å². The Bertz CT molecular complexity index is 895. The van der Waals surface area contributed by atoms with Crippen molar-refractivity contribution in [2.45, 2.75) is 174 Å². The maximum absolute atomic E-state index is 12.2. The molecule has 0 aliphatic rings. The van der Waals surface area contributed by atoms with E-state index in [1.54, 1.807) is 0 Å². The van der Waals surface area contributed by atoms with E-state index in [9.17, 15) is 14.7 Å². The van der Waals surface area contributed by atoms with Crippen LogP contribution in [0.1, 0.15) is 168 Å². The fourth-order valence-electron chi connectivity index (χ4n) is 5.05. The van der Waals surface area contributed by atoms with Crippen molar-refractivity contribution in [1.82, 2.24) is 0 Å². The van der Waals surface area contributed by atoms with Crippen LogP contribution < -0.4 is 0 Å². The van der Waals surface area contributed by atoms with Crippen molar-refractivity contribution in [1.29, 1.82) is 0 Å². The molecule has 5 heteroatoms. The van der Waals surface area contributed by atoms with Crippen molar-refractivity contribution in [3.05, 3.63) is 72.9 Å². The van der Waals surface area contributed by atoms with Crippen LogP contribution in [0.15, 0.2) is 72.9 Å². The standard InChI is InChI=1S/C43H72O5/c1-3-5-7-9-11-13-15-17-18-19-20-21-22-23-24-26-28-30-32-34-36-38-43(46)48-41(39-44)40-47-42(45)37-35-33-31-29-27-25-16-14-12-10-8-6-4-2/h5,7-8,10-11,13-14,16-18,20-21,41,44H,3-4,6,9,12,15,19,22-40H2,1-2H3/b7-5-,10-8-,13-11-,16-14-,18-17-,21-20-. The fourth-order valence-corrected chi connectivity index (χ4v) is 5.05. The van der Waals surface area contributed by atoms with Crippen molar-refractivity contribution in [2.75, 3.05) is 13.2 Å². The summed E-state index contributed by atoms with van der Waals surface area (Å²) < 4.78 is 10.6. The van der Waals surface area contributed by atoms with Crippen molar-refractivity contribution in [3.63, 3.8) is 0 Å². The van der Waals surface area contributed by atoms with Crippen LogP contribution in [0.4, 0.5) is 0 Å². The van der Waals surface area contributed by atoms with Crippen molar-refractivity contribution >= 4 is 11.9 Å². The van der Waals surface area contributed by atoms with Crippen molar-refractivity contribution < 1.29 is 24.2 Å². The Morgan fingerprint density at radius 2 is 0.896 bits per heavy atom. The molecule has 0 aromatic heterocycles. The molecule has 0 amide bonds. The summed E-state index contributed by atoms with van der Waals surface area (Å²) in [6.07, 6.45) is 51.0. The highest BCUT2D eigenvalue weighted by molar-refractivity contribution is 5.70. The Balaban J connectivity index is 3.61. The molecule has 0 aliphatic carbocycles. The number of unbranched alkanes of at least 4 members (excludes halogenated alkanes) is 14. The summed E-state index contributed by atoms with van der Waals surface area (Å²) in [6.45, 7) is 3.93. The molecule has 0 radical (unpaired) electrons. The maximum atomic E-state index is 12.2. The molecule has 0 aliphatic heterocycles. The Morgan fingerprint density at radius 3 is 1.35 bits per heavy atom. The van der Waals surface area contributed by atoms with Gasteiger partial charge >= 0.3 is 11.9 Å². The number of ether oxygens (including phenoxy) is 2. The molecular weight excluding hydrogens is 596 g/mol. The molecule has 0 rings (SSSR count). The third-order valence-electron chi connectivity index (χ3n) is 7.97. The van der Waals surface area contributed by atoms with Crippen LogP contribution in [0.2, 0.25) is 0 Å². The molecule has 0 heterocycles. The van der Waals surface area contributed by atoms with E-state index in [-0.39, 0.29) is 25.2 Å². The van der Waals surface area contributed by atoms with Gasteiger partial charge in [0.15, 0.2) is 6.10 Å². The molecule has 5 nitrogen and oxygen atoms in total. The second-order valence-electron chi connectivity index (χ2n) is 12.6. The zero-order valence-electron chi connectivity index (χ0n) is 31.0. The lowest BCUT2D eigenvalue weighted by atomic mass is 10.1. The van der Waals surface area contributed by atoms with Gasteiger partial charge < -0.3 is 14.6 Å². The van der Waals surface area contributed by atoms with Crippen molar-refractivity contribution in [2.24, 2.45) is 0 Å². The molecule has 0 saturated heterocycles. The average Bonchev–Trinajstić information content (AvgIpc) is 3.09. The summed E-state index contributed by atoms with van der Waals surface area (Å²) in [5.74, 6) is -0.623. The summed E-state index contributed by atoms with van der Waals surface area (Å²) in [5.41, 5.74) is 0. The normalized spacial score (nSPS) is 13.0. The lowest BCUT2D eigenvalue weighted by molar-refractivity contribution is -0.161. The summed E-state index contributed by atoms with van der Waals surface area (Å²) in [4.78, 5) is 24.2. The van der Waals surface area contributed by atoms with E-state index in [0.29, 0.717) is 12.8 Å². The minimum atomic E-state index is -0.784. The first-order valence-corrected chi connectivity index (χ1v) is 19.5. The number of hydrogen-bond donors (Lipinski definition) is 1. The zero-order chi connectivity index (χ0) is 35.0. The molecular formula is C43H72O5. The van der Waals surface area contributed by atoms with E-state index >= 15 is 0 Å². The molecule has 0 spiro atoms. The number of carbonyl (C=O) groups is 2. The first-order chi connectivity index (χ1) is 23.6. The minimum absolute atomic E-state index is 0.0800. The molecule has 0 bridgehead atoms. The van der Waals surface area contributed by atoms with Gasteiger partial charge in [0, 0.05) is 12.8 Å². The number of hydrogen-bond acceptors (Lipinski definition) is 5. The van der Waals surface area contributed by atoms with E-state index in [2.05, 4.69) is 86.8 Å². The molecule has 48 heavy (non-hydrogen) atoms. The SMILES string of the molecule is CC/C=C\C/C=C\C/C=C\C/C=C\CCCCCCCCCCC(=O)OC(CO)COC(=O)CCCCCCC/C=C\C/C=C\CCC. The van der Waals surface area contributed by atoms with Crippen LogP contribution in [0.25, 0.3) is 0 Å². The number of aliphatic hydroxyl groups is 1. The summed E-state index contributed by atoms with van der Waals surface area (Å²) in [5, 5.41) is 9.55. The van der Waals surface area contributed by atoms with Gasteiger partial charge in [-0.1, -0.05) is 151 Å². The minimum Gasteiger partial charge on any atom is -0.462 e. The maximum Gasteiger partial charge on any atom is 0.306 e. The van der Waals surface area contributed by atoms with Crippen LogP contribution >= 0.6 is 0 Å². The van der Waals surface area contributed by atoms with Gasteiger partial charge in [-0.2, -0.15) is 0 Å². The number of carbonyl (C=O) groups excluding carboxylic acids is 2. The molecule has 1 unspecified atom stereocenters. The van der Waals surface area contributed by atoms with Gasteiger partial charge in [-0.15, -0.1) is 0 Å². The number of allylic oxidation sites excluding steroid dienone is 12. The van der Waals surface area contributed by atoms with Gasteiger partial charge in [0.05, 0.1) is 6.61 Å². The average molecular weight is 669 g/mol. The van der Waals surface area contributed by atoms with E-state index < -0.39 is 6.10 Å². The Kier molecular flexibility index (Phi) is 36.6. The molecule has 0 aromatic rings. The van der Waals surface area contributed by atoms with Gasteiger partial charge in [-0.25, -0.2) is 0 Å². The molecule has 0 fully saturated rings. The lowest BCUT2D eigenvalue weighted by Crippen LogP contribution is -2.28. The van der Waals surface area contributed by atoms with Crippen LogP contribution in [-0.4, -0.2) is 36.4 Å². The lowest BCUT2D eigenvalue weighted by Gasteiger charge is -2.15. The number of rotatable bonds is 34. The highest BCUT2D eigenvalue weighted by Gasteiger charge is 2.16. The highest BCUT2D eigenvalue weighted by Crippen LogP contribution is 2.12. The smallest absolute Gasteiger partial charge is 0.306 e. The Morgan fingerprint density at radius 1 is 0.500 bits per heavy atom. The topological polar surface area (TPSA) is 72.8 Å². The predicted molar refractivity (Wildman–Crippen MR) is 205 cm³/mol. The van der Waals surface area contributed by atoms with Gasteiger partial charge in [0.1, 0.15) is 6.61 Å². The van der Waals surface area contributed by atoms with Crippen LogP contribution in [0, 0.1) is 0 Å². The quantitative estimate of drug-likeness (QED) is 0.0420. The van der Waals surface area contributed by atoms with Gasteiger partial charge in [0.25, 0.3) is 0 Å². The molecule has 0 aromatic carbocycles. The largest absolute Gasteiger partial charge is 0.462 e. The van der Waals surface area contributed by atoms with Crippen LogP contribution in [0.3, 0.4) is 0 Å². The number of aliphatic hydroxyl groups excluding tert-OH is 1. The van der Waals surface area contributed by atoms with E-state index in [0.717, 1.165) is 89.9 Å². The predicted octanol–water partition coefficient (Wildman–Crippen LogP) is 12.2. The molecule has 1 atom stereocenters. The zero-order valence-corrected chi connectivity index (χ0v) is 31.0. The summed E-state index contributed by atoms with van der Waals surface area (Å²) in [7, 11) is 0. The first-order valence-electron chi connectivity index (χ1n) is 19.5. The molecule has 0 saturated carbocycles. The van der Waals surface area contributed by atoms with Gasteiger partial charge in [-0.05, 0) is 77.0 Å². The van der Waals surface area contributed by atoms with Crippen LogP contribution in [-0.2, 0) is 19.1 Å².